The van der Waals surface area contributed by atoms with Gasteiger partial charge in [-0.1, -0.05) is 43.1 Å². The minimum absolute atomic E-state index is 0.0853. The third-order valence-electron chi connectivity index (χ3n) is 5.28. The molecule has 1 aromatic heterocycles. The van der Waals surface area contributed by atoms with E-state index in [4.69, 9.17) is 21.3 Å². The summed E-state index contributed by atoms with van der Waals surface area (Å²) in [4.78, 5) is 17.5. The molecule has 2 aromatic rings. The minimum Gasteiger partial charge on any atom is -0.383 e. The molecule has 1 aromatic carbocycles. The Hall–Kier alpha value is -1.24. The predicted octanol–water partition coefficient (Wildman–Crippen LogP) is 4.51. The standard InChI is InChI=1S/C20H28ClN3O2S/c1-13-6-4-5-7-16(13)22-19(25)14(2)27-20-23-17-12-15(21)8-9-18(17)24(20)10-11-26-3/h8-9,12-14,16H,4-7,10-11H2,1-3H3,(H,22,25). The molecule has 0 saturated heterocycles. The summed E-state index contributed by atoms with van der Waals surface area (Å²) in [6.07, 6.45) is 4.74. The summed E-state index contributed by atoms with van der Waals surface area (Å²) in [5.41, 5.74) is 1.85. The summed E-state index contributed by atoms with van der Waals surface area (Å²) in [5, 5.41) is 4.52. The summed E-state index contributed by atoms with van der Waals surface area (Å²) in [6, 6.07) is 5.99. The van der Waals surface area contributed by atoms with Crippen LogP contribution in [0.1, 0.15) is 39.5 Å². The second kappa shape index (κ2) is 9.30. The third kappa shape index (κ3) is 4.98. The van der Waals surface area contributed by atoms with Gasteiger partial charge in [-0.15, -0.1) is 0 Å². The van der Waals surface area contributed by atoms with Crippen molar-refractivity contribution in [2.24, 2.45) is 5.92 Å². The van der Waals surface area contributed by atoms with Crippen molar-refractivity contribution < 1.29 is 9.53 Å². The minimum atomic E-state index is -0.215. The number of fused-ring (bicyclic) bond motifs is 1. The lowest BCUT2D eigenvalue weighted by Crippen LogP contribution is -2.44. The molecule has 148 valence electrons. The van der Waals surface area contributed by atoms with Gasteiger partial charge in [-0.25, -0.2) is 4.98 Å². The van der Waals surface area contributed by atoms with Gasteiger partial charge in [-0.2, -0.15) is 0 Å². The van der Waals surface area contributed by atoms with Crippen molar-refractivity contribution in [3.05, 3.63) is 23.2 Å². The van der Waals surface area contributed by atoms with Gasteiger partial charge in [0.2, 0.25) is 5.91 Å². The number of nitrogens with zero attached hydrogens (tertiary/aromatic N) is 2. The number of benzene rings is 1. The van der Waals surface area contributed by atoms with Crippen LogP contribution in [0.2, 0.25) is 5.02 Å². The van der Waals surface area contributed by atoms with Crippen LogP contribution in [0.3, 0.4) is 0 Å². The molecular formula is C20H28ClN3O2S. The Morgan fingerprint density at radius 1 is 1.44 bits per heavy atom. The number of imidazole rings is 1. The number of rotatable bonds is 7. The maximum atomic E-state index is 12.7. The number of amides is 1. The molecular weight excluding hydrogens is 382 g/mol. The molecule has 27 heavy (non-hydrogen) atoms. The van der Waals surface area contributed by atoms with E-state index in [-0.39, 0.29) is 11.2 Å². The number of halogens is 1. The van der Waals surface area contributed by atoms with Gasteiger partial charge in [0.05, 0.1) is 22.9 Å². The monoisotopic (exact) mass is 409 g/mol. The van der Waals surface area contributed by atoms with E-state index in [1.165, 1.54) is 31.0 Å². The van der Waals surface area contributed by atoms with Crippen LogP contribution in [0.5, 0.6) is 0 Å². The molecule has 1 saturated carbocycles. The summed E-state index contributed by atoms with van der Waals surface area (Å²) < 4.78 is 7.35. The summed E-state index contributed by atoms with van der Waals surface area (Å²) in [7, 11) is 1.68. The van der Waals surface area contributed by atoms with Crippen LogP contribution in [0.4, 0.5) is 0 Å². The fraction of sp³-hybridized carbons (Fsp3) is 0.600. The van der Waals surface area contributed by atoms with Gasteiger partial charge in [-0.05, 0) is 43.9 Å². The van der Waals surface area contributed by atoms with Crippen molar-refractivity contribution in [2.45, 2.75) is 62.5 Å². The molecule has 1 aliphatic rings. The van der Waals surface area contributed by atoms with Crippen LogP contribution in [0.25, 0.3) is 11.0 Å². The lowest BCUT2D eigenvalue weighted by atomic mass is 9.86. The average Bonchev–Trinajstić information content (AvgIpc) is 2.97. The highest BCUT2D eigenvalue weighted by Gasteiger charge is 2.26. The number of nitrogens with one attached hydrogen (secondary N) is 1. The van der Waals surface area contributed by atoms with E-state index >= 15 is 0 Å². The number of carbonyl (C=O) groups is 1. The van der Waals surface area contributed by atoms with E-state index in [0.717, 1.165) is 22.6 Å². The van der Waals surface area contributed by atoms with Gasteiger partial charge in [0, 0.05) is 24.7 Å². The molecule has 7 heteroatoms. The zero-order valence-electron chi connectivity index (χ0n) is 16.2. The van der Waals surface area contributed by atoms with Crippen molar-refractivity contribution in [3.63, 3.8) is 0 Å². The van der Waals surface area contributed by atoms with Crippen molar-refractivity contribution >= 4 is 40.3 Å². The third-order valence-corrected chi connectivity index (χ3v) is 6.61. The topological polar surface area (TPSA) is 56.1 Å². The van der Waals surface area contributed by atoms with Crippen LogP contribution in [0, 0.1) is 5.92 Å². The highest BCUT2D eigenvalue weighted by Crippen LogP contribution is 2.30. The number of aromatic nitrogens is 2. The van der Waals surface area contributed by atoms with Gasteiger partial charge in [0.25, 0.3) is 0 Å². The Morgan fingerprint density at radius 2 is 2.22 bits per heavy atom. The van der Waals surface area contributed by atoms with Gasteiger partial charge in [0.15, 0.2) is 5.16 Å². The van der Waals surface area contributed by atoms with Crippen molar-refractivity contribution in [3.8, 4) is 0 Å². The van der Waals surface area contributed by atoms with E-state index in [2.05, 4.69) is 16.8 Å². The molecule has 0 bridgehead atoms. The summed E-state index contributed by atoms with van der Waals surface area (Å²) >= 11 is 7.61. The fourth-order valence-electron chi connectivity index (χ4n) is 3.61. The first-order valence-corrected chi connectivity index (χ1v) is 10.9. The smallest absolute Gasteiger partial charge is 0.233 e. The van der Waals surface area contributed by atoms with Crippen molar-refractivity contribution in [1.82, 2.24) is 14.9 Å². The number of ether oxygens (including phenoxy) is 1. The zero-order chi connectivity index (χ0) is 19.4. The highest BCUT2D eigenvalue weighted by atomic mass is 35.5. The van der Waals surface area contributed by atoms with Gasteiger partial charge in [-0.3, -0.25) is 4.79 Å². The molecule has 3 atom stereocenters. The van der Waals surface area contributed by atoms with Gasteiger partial charge < -0.3 is 14.6 Å². The average molecular weight is 410 g/mol. The van der Waals surface area contributed by atoms with Gasteiger partial charge >= 0.3 is 0 Å². The fourth-order valence-corrected chi connectivity index (χ4v) is 4.74. The van der Waals surface area contributed by atoms with Crippen LogP contribution >= 0.6 is 23.4 Å². The molecule has 1 amide bonds. The van der Waals surface area contributed by atoms with Crippen LogP contribution in [-0.2, 0) is 16.1 Å². The molecule has 3 rings (SSSR count). The number of methoxy groups -OCH3 is 1. The maximum Gasteiger partial charge on any atom is 0.233 e. The van der Waals surface area contributed by atoms with Crippen LogP contribution in [-0.4, -0.2) is 40.5 Å². The first kappa shape index (κ1) is 20.5. The SMILES string of the molecule is COCCn1c(SC(C)C(=O)NC2CCCCC2C)nc2cc(Cl)ccc21. The first-order valence-electron chi connectivity index (χ1n) is 9.61. The molecule has 0 radical (unpaired) electrons. The number of hydrogen-bond acceptors (Lipinski definition) is 4. The largest absolute Gasteiger partial charge is 0.383 e. The Labute approximate surface area is 170 Å². The lowest BCUT2D eigenvalue weighted by molar-refractivity contribution is -0.121. The van der Waals surface area contributed by atoms with E-state index in [0.29, 0.717) is 30.1 Å². The molecule has 1 fully saturated rings. The second-order valence-electron chi connectivity index (χ2n) is 7.31. The molecule has 0 spiro atoms. The van der Waals surface area contributed by atoms with E-state index in [9.17, 15) is 4.79 Å². The first-order chi connectivity index (χ1) is 13.0. The molecule has 0 aliphatic heterocycles. The quantitative estimate of drug-likeness (QED) is 0.683. The number of carbonyl (C=O) groups excluding carboxylic acids is 1. The Bertz CT molecular complexity index is 795. The molecule has 5 nitrogen and oxygen atoms in total. The summed E-state index contributed by atoms with van der Waals surface area (Å²) in [6.45, 7) is 5.45. The van der Waals surface area contributed by atoms with E-state index in [1.54, 1.807) is 7.11 Å². The van der Waals surface area contributed by atoms with E-state index in [1.807, 2.05) is 25.1 Å². The number of hydrogen-bond donors (Lipinski definition) is 1. The number of thioether (sulfide) groups is 1. The molecule has 1 N–H and O–H groups in total. The molecule has 3 unspecified atom stereocenters. The Balaban J connectivity index is 1.74. The van der Waals surface area contributed by atoms with Gasteiger partial charge in [0.1, 0.15) is 0 Å². The second-order valence-corrected chi connectivity index (χ2v) is 9.05. The van der Waals surface area contributed by atoms with E-state index < -0.39 is 0 Å². The Morgan fingerprint density at radius 3 is 2.96 bits per heavy atom. The maximum absolute atomic E-state index is 12.7. The normalized spacial score (nSPS) is 21.3. The Kier molecular flexibility index (Phi) is 7.06. The van der Waals surface area contributed by atoms with Crippen LogP contribution in [0.15, 0.2) is 23.4 Å². The van der Waals surface area contributed by atoms with Crippen molar-refractivity contribution in [1.29, 1.82) is 0 Å². The highest BCUT2D eigenvalue weighted by molar-refractivity contribution is 8.00. The lowest BCUT2D eigenvalue weighted by Gasteiger charge is -2.30. The molecule has 1 aliphatic carbocycles. The van der Waals surface area contributed by atoms with Crippen molar-refractivity contribution in [2.75, 3.05) is 13.7 Å². The zero-order valence-corrected chi connectivity index (χ0v) is 17.8. The molecule has 1 heterocycles. The van der Waals surface area contributed by atoms with Crippen LogP contribution < -0.4 is 5.32 Å². The predicted molar refractivity (Wildman–Crippen MR) is 112 cm³/mol. The summed E-state index contributed by atoms with van der Waals surface area (Å²) in [5.74, 6) is 0.635.